The number of imidazole rings is 1. The molecule has 1 saturated carbocycles. The number of unbranched alkanes of at least 4 members (excludes halogenated alkanes) is 1. The first-order valence-corrected chi connectivity index (χ1v) is 14.5. The number of carbonyl (C=O) groups excluding carboxylic acids is 2. The van der Waals surface area contributed by atoms with Crippen molar-refractivity contribution >= 4 is 34.9 Å². The molecule has 0 aliphatic heterocycles. The van der Waals surface area contributed by atoms with E-state index in [1.807, 2.05) is 54.6 Å². The quantitative estimate of drug-likeness (QED) is 0.207. The predicted octanol–water partition coefficient (Wildman–Crippen LogP) is 6.98. The molecule has 212 valence electrons. The number of aldehydes is 1. The van der Waals surface area contributed by atoms with Gasteiger partial charge in [-0.2, -0.15) is 0 Å². The molecule has 3 aromatic carbocycles. The number of rotatable bonds is 10. The van der Waals surface area contributed by atoms with Crippen LogP contribution in [0.5, 0.6) is 0 Å². The van der Waals surface area contributed by atoms with Gasteiger partial charge in [0.1, 0.15) is 12.1 Å². The predicted molar refractivity (Wildman–Crippen MR) is 161 cm³/mol. The molecule has 1 aliphatic rings. The van der Waals surface area contributed by atoms with E-state index in [4.69, 9.17) is 4.98 Å². The van der Waals surface area contributed by atoms with Crippen molar-refractivity contribution in [2.24, 2.45) is 17.8 Å². The van der Waals surface area contributed by atoms with Crippen LogP contribution in [0.4, 0.5) is 5.69 Å². The van der Waals surface area contributed by atoms with E-state index < -0.39 is 5.97 Å². The van der Waals surface area contributed by atoms with Gasteiger partial charge in [0.15, 0.2) is 0 Å². The zero-order valence-electron chi connectivity index (χ0n) is 23.7. The molecule has 7 heteroatoms. The number of carbonyl (C=O) groups is 3. The Kier molecular flexibility index (Phi) is 8.62. The Morgan fingerprint density at radius 1 is 1.07 bits per heavy atom. The Bertz CT molecular complexity index is 1560. The van der Waals surface area contributed by atoms with Crippen molar-refractivity contribution in [3.8, 4) is 11.1 Å². The van der Waals surface area contributed by atoms with E-state index in [9.17, 15) is 19.5 Å². The van der Waals surface area contributed by atoms with Crippen molar-refractivity contribution in [3.63, 3.8) is 0 Å². The Morgan fingerprint density at radius 2 is 1.85 bits per heavy atom. The third-order valence-electron chi connectivity index (χ3n) is 8.29. The second-order valence-electron chi connectivity index (χ2n) is 11.3. The van der Waals surface area contributed by atoms with Gasteiger partial charge in [-0.3, -0.25) is 4.79 Å². The third kappa shape index (κ3) is 6.24. The van der Waals surface area contributed by atoms with Crippen molar-refractivity contribution in [1.29, 1.82) is 0 Å². The summed E-state index contributed by atoms with van der Waals surface area (Å²) >= 11 is 0. The number of hydrogen-bond acceptors (Lipinski definition) is 4. The molecule has 3 atom stereocenters. The molecular formula is C34H37N3O4. The first-order valence-electron chi connectivity index (χ1n) is 14.5. The average Bonchev–Trinajstić information content (AvgIpc) is 3.32. The second-order valence-corrected chi connectivity index (χ2v) is 11.3. The molecule has 2 N–H and O–H groups in total. The number of hydrogen-bond donors (Lipinski definition) is 2. The number of carboxylic acid groups (broad SMARTS) is 1. The number of nitrogens with one attached hydrogen (secondary N) is 1. The lowest BCUT2D eigenvalue weighted by Crippen LogP contribution is -2.35. The van der Waals surface area contributed by atoms with Crippen LogP contribution in [0.15, 0.2) is 66.7 Å². The number of amides is 1. The summed E-state index contributed by atoms with van der Waals surface area (Å²) < 4.78 is 2.21. The highest BCUT2D eigenvalue weighted by Crippen LogP contribution is 2.34. The SMILES string of the molecule is CCCCc1nc2ccc(NC(=O)C3CC(C)CCC3C=O)cc2n1Cc1ccc(-c2ccccc2C(=O)O)cc1. The highest BCUT2D eigenvalue weighted by molar-refractivity contribution is 5.96. The summed E-state index contributed by atoms with van der Waals surface area (Å²) in [6.45, 7) is 4.90. The molecule has 4 aromatic rings. The molecule has 1 aromatic heterocycles. The second kappa shape index (κ2) is 12.5. The van der Waals surface area contributed by atoms with Crippen molar-refractivity contribution in [1.82, 2.24) is 9.55 Å². The van der Waals surface area contributed by atoms with E-state index in [2.05, 4.69) is 23.7 Å². The smallest absolute Gasteiger partial charge is 0.336 e. The maximum absolute atomic E-state index is 13.2. The normalized spacial score (nSPS) is 18.7. The molecular weight excluding hydrogens is 514 g/mol. The zero-order valence-corrected chi connectivity index (χ0v) is 23.7. The molecule has 1 heterocycles. The fraction of sp³-hybridized carbons (Fsp3) is 0.353. The van der Waals surface area contributed by atoms with Crippen molar-refractivity contribution in [3.05, 3.63) is 83.7 Å². The minimum absolute atomic E-state index is 0.0949. The summed E-state index contributed by atoms with van der Waals surface area (Å²) in [5.74, 6) is -0.155. The van der Waals surface area contributed by atoms with Gasteiger partial charge >= 0.3 is 5.97 Å². The maximum atomic E-state index is 13.2. The molecule has 0 radical (unpaired) electrons. The van der Waals surface area contributed by atoms with Gasteiger partial charge in [-0.15, -0.1) is 0 Å². The van der Waals surface area contributed by atoms with Crippen LogP contribution in [0.25, 0.3) is 22.2 Å². The number of aryl methyl sites for hydroxylation is 1. The van der Waals surface area contributed by atoms with Gasteiger partial charge in [0.2, 0.25) is 5.91 Å². The summed E-state index contributed by atoms with van der Waals surface area (Å²) in [6, 6.07) is 20.8. The summed E-state index contributed by atoms with van der Waals surface area (Å²) in [5, 5.41) is 12.7. The number of nitrogens with zero attached hydrogens (tertiary/aromatic N) is 2. The molecule has 7 nitrogen and oxygen atoms in total. The summed E-state index contributed by atoms with van der Waals surface area (Å²) in [5.41, 5.74) is 5.40. The van der Waals surface area contributed by atoms with Crippen molar-refractivity contribution < 1.29 is 19.5 Å². The molecule has 0 spiro atoms. The van der Waals surface area contributed by atoms with Crippen molar-refractivity contribution in [2.75, 3.05) is 5.32 Å². The molecule has 41 heavy (non-hydrogen) atoms. The van der Waals surface area contributed by atoms with E-state index in [1.165, 1.54) is 0 Å². The van der Waals surface area contributed by atoms with Crippen LogP contribution >= 0.6 is 0 Å². The van der Waals surface area contributed by atoms with Gasteiger partial charge in [0.05, 0.1) is 16.6 Å². The first kappa shape index (κ1) is 28.3. The minimum atomic E-state index is -0.947. The average molecular weight is 552 g/mol. The number of anilines is 1. The summed E-state index contributed by atoms with van der Waals surface area (Å²) in [4.78, 5) is 41.5. The van der Waals surface area contributed by atoms with Gasteiger partial charge in [-0.1, -0.05) is 62.7 Å². The van der Waals surface area contributed by atoms with E-state index in [1.54, 1.807) is 12.1 Å². The lowest BCUT2D eigenvalue weighted by molar-refractivity contribution is -0.127. The molecule has 0 bridgehead atoms. The van der Waals surface area contributed by atoms with E-state index >= 15 is 0 Å². The number of aromatic carboxylic acids is 1. The van der Waals surface area contributed by atoms with Gasteiger partial charge in [-0.25, -0.2) is 9.78 Å². The van der Waals surface area contributed by atoms with Crippen LogP contribution in [0.1, 0.15) is 67.7 Å². The number of aromatic nitrogens is 2. The monoisotopic (exact) mass is 551 g/mol. The van der Waals surface area contributed by atoms with Crippen molar-refractivity contribution in [2.45, 2.75) is 58.9 Å². The number of fused-ring (bicyclic) bond motifs is 1. The highest BCUT2D eigenvalue weighted by atomic mass is 16.4. The molecule has 1 amide bonds. The summed E-state index contributed by atoms with van der Waals surface area (Å²) in [6.07, 6.45) is 6.33. The van der Waals surface area contributed by atoms with Gasteiger partial charge in [0.25, 0.3) is 0 Å². The Balaban J connectivity index is 1.43. The Hall–Kier alpha value is -4.26. The van der Waals surface area contributed by atoms with Crippen LogP contribution in [0, 0.1) is 17.8 Å². The maximum Gasteiger partial charge on any atom is 0.336 e. The zero-order chi connectivity index (χ0) is 28.9. The van der Waals surface area contributed by atoms with E-state index in [0.29, 0.717) is 23.7 Å². The van der Waals surface area contributed by atoms with Gasteiger partial charge in [0, 0.05) is 30.5 Å². The van der Waals surface area contributed by atoms with E-state index in [0.717, 1.165) is 72.8 Å². The van der Waals surface area contributed by atoms with Crippen LogP contribution < -0.4 is 5.32 Å². The Morgan fingerprint density at radius 3 is 2.59 bits per heavy atom. The van der Waals surface area contributed by atoms with Crippen LogP contribution in [-0.2, 0) is 22.6 Å². The topological polar surface area (TPSA) is 101 Å². The number of carboxylic acids is 1. The number of benzene rings is 3. The fourth-order valence-corrected chi connectivity index (χ4v) is 5.95. The van der Waals surface area contributed by atoms with Crippen LogP contribution in [-0.4, -0.2) is 32.8 Å². The fourth-order valence-electron chi connectivity index (χ4n) is 5.95. The third-order valence-corrected chi connectivity index (χ3v) is 8.29. The molecule has 5 rings (SSSR count). The van der Waals surface area contributed by atoms with Crippen LogP contribution in [0.2, 0.25) is 0 Å². The molecule has 1 fully saturated rings. The van der Waals surface area contributed by atoms with E-state index in [-0.39, 0.29) is 23.3 Å². The Labute approximate surface area is 240 Å². The largest absolute Gasteiger partial charge is 0.478 e. The molecule has 3 unspecified atom stereocenters. The van der Waals surface area contributed by atoms with Gasteiger partial charge in [-0.05, 0) is 72.6 Å². The summed E-state index contributed by atoms with van der Waals surface area (Å²) in [7, 11) is 0. The lowest BCUT2D eigenvalue weighted by Gasteiger charge is -2.30. The van der Waals surface area contributed by atoms with Gasteiger partial charge < -0.3 is 19.8 Å². The minimum Gasteiger partial charge on any atom is -0.478 e. The first-order chi connectivity index (χ1) is 19.9. The lowest BCUT2D eigenvalue weighted by atomic mass is 9.75. The standard InChI is InChI=1S/C34H37N3O4/c1-3-4-9-32-36-30-17-16-26(35-33(39)29-18-22(2)10-13-25(29)21-38)19-31(30)37(32)20-23-11-14-24(15-12-23)27-7-5-6-8-28(27)34(40)41/h5-8,11-12,14-17,19,21-22,25,29H,3-4,9-10,13,18,20H2,1-2H3,(H,35,39)(H,40,41). The highest BCUT2D eigenvalue weighted by Gasteiger charge is 2.33. The molecule has 0 saturated heterocycles. The van der Waals surface area contributed by atoms with Crippen LogP contribution in [0.3, 0.4) is 0 Å². The molecule has 1 aliphatic carbocycles.